The van der Waals surface area contributed by atoms with Gasteiger partial charge in [-0.25, -0.2) is 0 Å². The SMILES string of the molecule is COc1ccccc1N1CCN(C(=O)[C@@H]2CN3CC[C@H]2C[C@@H]3Cn2cc(COc3ccccc3)nn2)CC1. The van der Waals surface area contributed by atoms with E-state index in [1.807, 2.05) is 59.4 Å². The van der Waals surface area contributed by atoms with E-state index >= 15 is 0 Å². The molecule has 0 aliphatic carbocycles. The molecule has 7 rings (SSSR count). The maximum atomic E-state index is 13.6. The average molecular weight is 517 g/mol. The molecule has 0 spiro atoms. The topological polar surface area (TPSA) is 76.0 Å². The van der Waals surface area contributed by atoms with Crippen molar-refractivity contribution in [1.29, 1.82) is 0 Å². The van der Waals surface area contributed by atoms with Gasteiger partial charge in [0.05, 0.1) is 31.5 Å². The number of ether oxygens (including phenoxy) is 2. The van der Waals surface area contributed by atoms with Crippen LogP contribution in [0.15, 0.2) is 60.8 Å². The number of fused-ring (bicyclic) bond motifs is 3. The molecule has 1 unspecified atom stereocenters. The fourth-order valence-electron chi connectivity index (χ4n) is 6.28. The Morgan fingerprint density at radius 1 is 1.00 bits per heavy atom. The predicted molar refractivity (Wildman–Crippen MR) is 144 cm³/mol. The molecular weight excluding hydrogens is 480 g/mol. The Balaban J connectivity index is 1.01. The van der Waals surface area contributed by atoms with Crippen molar-refractivity contribution in [2.45, 2.75) is 32.0 Å². The van der Waals surface area contributed by atoms with Gasteiger partial charge in [0.25, 0.3) is 0 Å². The van der Waals surface area contributed by atoms with Crippen molar-refractivity contribution >= 4 is 11.6 Å². The Morgan fingerprint density at radius 3 is 2.55 bits per heavy atom. The van der Waals surface area contributed by atoms with Crippen LogP contribution in [-0.2, 0) is 17.9 Å². The van der Waals surface area contributed by atoms with Gasteiger partial charge in [-0.15, -0.1) is 5.10 Å². The van der Waals surface area contributed by atoms with Crippen LogP contribution in [-0.4, -0.2) is 83.1 Å². The number of methoxy groups -OCH3 is 1. The van der Waals surface area contributed by atoms with Gasteiger partial charge in [0.15, 0.2) is 0 Å². The molecular formula is C29H36N6O3. The quantitative estimate of drug-likeness (QED) is 0.456. The summed E-state index contributed by atoms with van der Waals surface area (Å²) in [7, 11) is 1.71. The van der Waals surface area contributed by atoms with Crippen molar-refractivity contribution in [1.82, 2.24) is 24.8 Å². The standard InChI is InChI=1S/C29H36N6O3/c1-37-28-10-6-5-9-27(28)32-13-15-33(16-14-32)29(36)26-20-34-12-11-22(26)17-24(34)19-35-18-23(30-31-35)21-38-25-7-3-2-4-8-25/h2-10,18,22,24,26H,11-17,19-21H2,1H3/t22-,24+,26+/m0/s1. The highest BCUT2D eigenvalue weighted by molar-refractivity contribution is 5.80. The maximum Gasteiger partial charge on any atom is 0.227 e. The van der Waals surface area contributed by atoms with Gasteiger partial charge >= 0.3 is 0 Å². The molecule has 2 bridgehead atoms. The lowest BCUT2D eigenvalue weighted by atomic mass is 9.75. The minimum atomic E-state index is 0.100. The molecule has 4 aliphatic heterocycles. The molecule has 200 valence electrons. The number of carbonyl (C=O) groups excluding carboxylic acids is 1. The number of aromatic nitrogens is 3. The normalized spacial score (nSPS) is 24.9. The van der Waals surface area contributed by atoms with E-state index in [1.165, 1.54) is 0 Å². The van der Waals surface area contributed by atoms with E-state index in [4.69, 9.17) is 9.47 Å². The molecule has 0 saturated carbocycles. The zero-order valence-electron chi connectivity index (χ0n) is 22.0. The molecule has 2 aromatic carbocycles. The van der Waals surface area contributed by atoms with Crippen LogP contribution in [0.1, 0.15) is 18.5 Å². The van der Waals surface area contributed by atoms with Crippen LogP contribution in [0.25, 0.3) is 0 Å². The van der Waals surface area contributed by atoms with Crippen LogP contribution in [0.4, 0.5) is 5.69 Å². The second-order valence-corrected chi connectivity index (χ2v) is 10.6. The van der Waals surface area contributed by atoms with Crippen LogP contribution >= 0.6 is 0 Å². The number of benzene rings is 2. The van der Waals surface area contributed by atoms with E-state index in [2.05, 4.69) is 31.1 Å². The second-order valence-electron chi connectivity index (χ2n) is 10.6. The average Bonchev–Trinajstić information content (AvgIpc) is 3.44. The molecule has 3 aromatic rings. The third-order valence-corrected chi connectivity index (χ3v) is 8.33. The zero-order valence-corrected chi connectivity index (χ0v) is 22.0. The number of piperazine rings is 1. The van der Waals surface area contributed by atoms with Crippen molar-refractivity contribution in [3.05, 3.63) is 66.5 Å². The molecule has 4 fully saturated rings. The number of piperidine rings is 3. The Labute approximate surface area is 223 Å². The minimum absolute atomic E-state index is 0.100. The lowest BCUT2D eigenvalue weighted by molar-refractivity contribution is -0.144. The van der Waals surface area contributed by atoms with Gasteiger partial charge < -0.3 is 19.3 Å². The van der Waals surface area contributed by atoms with Gasteiger partial charge in [-0.2, -0.15) is 0 Å². The number of amides is 1. The molecule has 9 heteroatoms. The predicted octanol–water partition coefficient (Wildman–Crippen LogP) is 2.92. The van der Waals surface area contributed by atoms with Gasteiger partial charge in [0.2, 0.25) is 5.91 Å². The van der Waals surface area contributed by atoms with E-state index in [0.29, 0.717) is 24.5 Å². The van der Waals surface area contributed by atoms with Crippen molar-refractivity contribution in [2.24, 2.45) is 11.8 Å². The summed E-state index contributed by atoms with van der Waals surface area (Å²) in [5, 5.41) is 8.65. The fourth-order valence-corrected chi connectivity index (χ4v) is 6.28. The van der Waals surface area contributed by atoms with E-state index < -0.39 is 0 Å². The summed E-state index contributed by atoms with van der Waals surface area (Å²) in [5.41, 5.74) is 1.93. The Hall–Kier alpha value is -3.59. The van der Waals surface area contributed by atoms with Crippen LogP contribution < -0.4 is 14.4 Å². The lowest BCUT2D eigenvalue weighted by Crippen LogP contribution is -2.60. The molecule has 4 aliphatic rings. The number of nitrogens with zero attached hydrogens (tertiary/aromatic N) is 6. The van der Waals surface area contributed by atoms with E-state index in [0.717, 1.165) is 81.5 Å². The Morgan fingerprint density at radius 2 is 1.79 bits per heavy atom. The first-order valence-electron chi connectivity index (χ1n) is 13.7. The van der Waals surface area contributed by atoms with Crippen LogP contribution in [0.3, 0.4) is 0 Å². The van der Waals surface area contributed by atoms with E-state index in [1.54, 1.807) is 7.11 Å². The first kappa shape index (κ1) is 24.7. The smallest absolute Gasteiger partial charge is 0.227 e. The Kier molecular flexibility index (Phi) is 7.18. The summed E-state index contributed by atoms with van der Waals surface area (Å²) in [4.78, 5) is 20.5. The molecule has 4 saturated heterocycles. The number of carbonyl (C=O) groups is 1. The van der Waals surface area contributed by atoms with Gasteiger partial charge in [-0.1, -0.05) is 35.5 Å². The summed E-state index contributed by atoms with van der Waals surface area (Å²) >= 11 is 0. The molecule has 5 heterocycles. The molecule has 4 atom stereocenters. The number of hydrogen-bond acceptors (Lipinski definition) is 7. The van der Waals surface area contributed by atoms with Crippen LogP contribution in [0, 0.1) is 11.8 Å². The highest BCUT2D eigenvalue weighted by atomic mass is 16.5. The van der Waals surface area contributed by atoms with Gasteiger partial charge in [0, 0.05) is 38.8 Å². The second kappa shape index (κ2) is 11.0. The van der Waals surface area contributed by atoms with Crippen LogP contribution in [0.5, 0.6) is 11.5 Å². The molecule has 1 amide bonds. The van der Waals surface area contributed by atoms with Gasteiger partial charge in [-0.3, -0.25) is 14.4 Å². The summed E-state index contributed by atoms with van der Waals surface area (Å²) in [6, 6.07) is 18.3. The summed E-state index contributed by atoms with van der Waals surface area (Å²) in [6.45, 7) is 6.29. The Bertz CT molecular complexity index is 1230. The summed E-state index contributed by atoms with van der Waals surface area (Å²) in [6.07, 6.45) is 4.12. The monoisotopic (exact) mass is 516 g/mol. The lowest BCUT2D eigenvalue weighted by Gasteiger charge is -2.50. The highest BCUT2D eigenvalue weighted by Crippen LogP contribution is 2.38. The first-order chi connectivity index (χ1) is 18.7. The van der Waals surface area contributed by atoms with E-state index in [9.17, 15) is 4.79 Å². The highest BCUT2D eigenvalue weighted by Gasteiger charge is 2.44. The van der Waals surface area contributed by atoms with Crippen molar-refractivity contribution in [3.8, 4) is 11.5 Å². The molecule has 1 aromatic heterocycles. The number of hydrogen-bond donors (Lipinski definition) is 0. The fraction of sp³-hybridized carbons (Fsp3) is 0.483. The molecule has 0 radical (unpaired) electrons. The van der Waals surface area contributed by atoms with Gasteiger partial charge in [-0.05, 0) is 49.6 Å². The molecule has 0 N–H and O–H groups in total. The van der Waals surface area contributed by atoms with Crippen molar-refractivity contribution in [3.63, 3.8) is 0 Å². The number of anilines is 1. The first-order valence-corrected chi connectivity index (χ1v) is 13.7. The van der Waals surface area contributed by atoms with Crippen molar-refractivity contribution in [2.75, 3.05) is 51.3 Å². The number of para-hydroxylation sites is 3. The summed E-state index contributed by atoms with van der Waals surface area (Å²) < 4.78 is 13.3. The maximum absolute atomic E-state index is 13.6. The van der Waals surface area contributed by atoms with Crippen LogP contribution in [0.2, 0.25) is 0 Å². The zero-order chi connectivity index (χ0) is 25.9. The molecule has 9 nitrogen and oxygen atoms in total. The number of rotatable bonds is 8. The largest absolute Gasteiger partial charge is 0.495 e. The third kappa shape index (κ3) is 5.20. The van der Waals surface area contributed by atoms with E-state index in [-0.39, 0.29) is 5.92 Å². The minimum Gasteiger partial charge on any atom is -0.495 e. The molecule has 38 heavy (non-hydrogen) atoms. The van der Waals surface area contributed by atoms with Gasteiger partial charge in [0.1, 0.15) is 23.8 Å². The third-order valence-electron chi connectivity index (χ3n) is 8.33. The van der Waals surface area contributed by atoms with Crippen molar-refractivity contribution < 1.29 is 14.3 Å². The summed E-state index contributed by atoms with van der Waals surface area (Å²) in [5.74, 6) is 2.59.